The molecule has 9 nitrogen and oxygen atoms in total. The van der Waals surface area contributed by atoms with Gasteiger partial charge in [-0.3, -0.25) is 9.59 Å². The third kappa shape index (κ3) is 5.57. The van der Waals surface area contributed by atoms with Crippen LogP contribution in [0.5, 0.6) is 0 Å². The molecule has 0 radical (unpaired) electrons. The maximum absolute atomic E-state index is 12.4. The predicted molar refractivity (Wildman–Crippen MR) is 108 cm³/mol. The van der Waals surface area contributed by atoms with Crippen LogP contribution in [0.15, 0.2) is 28.8 Å². The van der Waals surface area contributed by atoms with Gasteiger partial charge < -0.3 is 14.2 Å². The van der Waals surface area contributed by atoms with Crippen molar-refractivity contribution in [2.75, 3.05) is 18.6 Å². The predicted octanol–water partition coefficient (Wildman–Crippen LogP) is 1.90. The van der Waals surface area contributed by atoms with Crippen LogP contribution < -0.4 is 0 Å². The zero-order chi connectivity index (χ0) is 21.9. The topological polar surface area (TPSA) is 120 Å². The lowest BCUT2D eigenvalue weighted by Gasteiger charge is -2.26. The lowest BCUT2D eigenvalue weighted by Crippen LogP contribution is -2.44. The van der Waals surface area contributed by atoms with Gasteiger partial charge in [-0.25, -0.2) is 8.42 Å². The highest BCUT2D eigenvalue weighted by molar-refractivity contribution is 7.91. The standard InChI is InChI=1S/C19H22ClN3O6S/c1-12(19(25)23(2)15-9-10-30(26,27)11-15)28-17(24)8-7-16-21-18(22-29-16)13-3-5-14(20)6-4-13/h3-6,12,15H,7-11H2,1-2H3/t12-,15+/m1/s1. The van der Waals surface area contributed by atoms with E-state index in [-0.39, 0.29) is 30.2 Å². The Kier molecular flexibility index (Phi) is 6.77. The number of esters is 1. The number of benzene rings is 1. The molecule has 1 aliphatic heterocycles. The van der Waals surface area contributed by atoms with Crippen LogP contribution in [0.25, 0.3) is 11.4 Å². The van der Waals surface area contributed by atoms with Crippen molar-refractivity contribution < 1.29 is 27.3 Å². The summed E-state index contributed by atoms with van der Waals surface area (Å²) in [6.45, 7) is 1.46. The number of hydrogen-bond donors (Lipinski definition) is 0. The number of rotatable bonds is 7. The van der Waals surface area contributed by atoms with Gasteiger partial charge in [0.15, 0.2) is 15.9 Å². The van der Waals surface area contributed by atoms with Crippen LogP contribution in [0.4, 0.5) is 0 Å². The third-order valence-electron chi connectivity index (χ3n) is 4.87. The molecule has 2 atom stereocenters. The van der Waals surface area contributed by atoms with E-state index in [0.29, 0.717) is 17.3 Å². The van der Waals surface area contributed by atoms with Crippen molar-refractivity contribution >= 4 is 33.3 Å². The molecule has 0 aliphatic carbocycles. The minimum absolute atomic E-state index is 0.0403. The van der Waals surface area contributed by atoms with Crippen LogP contribution in [-0.4, -0.2) is 66.0 Å². The van der Waals surface area contributed by atoms with Crippen molar-refractivity contribution in [3.63, 3.8) is 0 Å². The zero-order valence-corrected chi connectivity index (χ0v) is 18.1. The third-order valence-corrected chi connectivity index (χ3v) is 6.88. The van der Waals surface area contributed by atoms with Crippen molar-refractivity contribution in [3.05, 3.63) is 35.2 Å². The number of carbonyl (C=O) groups excluding carboxylic acids is 2. The molecule has 162 valence electrons. The number of aryl methyl sites for hydroxylation is 1. The number of nitrogens with zero attached hydrogens (tertiary/aromatic N) is 3. The van der Waals surface area contributed by atoms with Gasteiger partial charge in [0.25, 0.3) is 5.91 Å². The molecule has 1 fully saturated rings. The SMILES string of the molecule is C[C@@H](OC(=O)CCc1nc(-c2ccc(Cl)cc2)no1)C(=O)N(C)[C@H]1CCS(=O)(=O)C1. The van der Waals surface area contributed by atoms with E-state index in [1.54, 1.807) is 24.3 Å². The average molecular weight is 456 g/mol. The fraction of sp³-hybridized carbons (Fsp3) is 0.474. The first-order chi connectivity index (χ1) is 14.1. The first kappa shape index (κ1) is 22.2. The molecule has 3 rings (SSSR count). The fourth-order valence-electron chi connectivity index (χ4n) is 3.14. The molecular weight excluding hydrogens is 434 g/mol. The zero-order valence-electron chi connectivity index (χ0n) is 16.6. The Morgan fingerprint density at radius 3 is 2.67 bits per heavy atom. The smallest absolute Gasteiger partial charge is 0.307 e. The number of ether oxygens (including phenoxy) is 1. The van der Waals surface area contributed by atoms with E-state index >= 15 is 0 Å². The molecule has 1 aliphatic rings. The summed E-state index contributed by atoms with van der Waals surface area (Å²) in [5.74, 6) is -0.382. The first-order valence-corrected chi connectivity index (χ1v) is 11.6. The van der Waals surface area contributed by atoms with E-state index < -0.39 is 33.9 Å². The van der Waals surface area contributed by atoms with Gasteiger partial charge in [-0.15, -0.1) is 0 Å². The van der Waals surface area contributed by atoms with E-state index in [9.17, 15) is 18.0 Å². The van der Waals surface area contributed by atoms with Gasteiger partial charge in [-0.05, 0) is 37.6 Å². The van der Waals surface area contributed by atoms with Crippen LogP contribution in [0, 0.1) is 0 Å². The Labute approximate surface area is 179 Å². The van der Waals surface area contributed by atoms with Crippen molar-refractivity contribution in [1.82, 2.24) is 15.0 Å². The monoisotopic (exact) mass is 455 g/mol. The largest absolute Gasteiger partial charge is 0.453 e. The van der Waals surface area contributed by atoms with Crippen molar-refractivity contribution in [2.24, 2.45) is 0 Å². The molecule has 11 heteroatoms. The molecule has 0 bridgehead atoms. The molecule has 0 N–H and O–H groups in total. The molecule has 1 aromatic carbocycles. The highest BCUT2D eigenvalue weighted by atomic mass is 35.5. The molecule has 2 heterocycles. The summed E-state index contributed by atoms with van der Waals surface area (Å²) in [5, 5.41) is 4.46. The second-order valence-corrected chi connectivity index (χ2v) is 9.82. The Balaban J connectivity index is 1.48. The van der Waals surface area contributed by atoms with Crippen LogP contribution in [-0.2, 0) is 30.6 Å². The minimum Gasteiger partial charge on any atom is -0.453 e. The average Bonchev–Trinajstić information content (AvgIpc) is 3.32. The van der Waals surface area contributed by atoms with E-state index in [1.165, 1.54) is 18.9 Å². The van der Waals surface area contributed by atoms with E-state index in [2.05, 4.69) is 10.1 Å². The van der Waals surface area contributed by atoms with Gasteiger partial charge in [-0.1, -0.05) is 16.8 Å². The molecule has 2 aromatic rings. The maximum atomic E-state index is 12.4. The fourth-order valence-corrected chi connectivity index (χ4v) is 5.04. The molecule has 30 heavy (non-hydrogen) atoms. The van der Waals surface area contributed by atoms with Crippen LogP contribution in [0.2, 0.25) is 5.02 Å². The minimum atomic E-state index is -3.11. The quantitative estimate of drug-likeness (QED) is 0.580. The van der Waals surface area contributed by atoms with Gasteiger partial charge in [0.05, 0.1) is 17.9 Å². The summed E-state index contributed by atoms with van der Waals surface area (Å²) < 4.78 is 33.5. The summed E-state index contributed by atoms with van der Waals surface area (Å²) in [4.78, 5) is 30.1. The summed E-state index contributed by atoms with van der Waals surface area (Å²) in [6.07, 6.45) is -0.505. The van der Waals surface area contributed by atoms with E-state index in [0.717, 1.165) is 5.56 Å². The summed E-state index contributed by atoms with van der Waals surface area (Å²) in [7, 11) is -1.59. The molecule has 1 amide bonds. The van der Waals surface area contributed by atoms with E-state index in [4.69, 9.17) is 20.9 Å². The molecule has 0 saturated carbocycles. The van der Waals surface area contributed by atoms with Gasteiger partial charge >= 0.3 is 5.97 Å². The van der Waals surface area contributed by atoms with Gasteiger partial charge in [0, 0.05) is 30.1 Å². The van der Waals surface area contributed by atoms with Crippen LogP contribution in [0.1, 0.15) is 25.7 Å². The Hall–Kier alpha value is -2.46. The van der Waals surface area contributed by atoms with Crippen molar-refractivity contribution in [2.45, 2.75) is 38.3 Å². The molecule has 1 aromatic heterocycles. The number of hydrogen-bond acceptors (Lipinski definition) is 8. The van der Waals surface area contributed by atoms with Crippen LogP contribution >= 0.6 is 11.6 Å². The van der Waals surface area contributed by atoms with Gasteiger partial charge in [0.2, 0.25) is 11.7 Å². The summed E-state index contributed by atoms with van der Waals surface area (Å²) in [6, 6.07) is 6.53. The molecule has 1 saturated heterocycles. The normalized spacial score (nSPS) is 18.7. The van der Waals surface area contributed by atoms with Gasteiger partial charge in [0.1, 0.15) is 0 Å². The number of carbonyl (C=O) groups is 2. The number of aromatic nitrogens is 2. The lowest BCUT2D eigenvalue weighted by molar-refractivity contribution is -0.159. The van der Waals surface area contributed by atoms with Crippen molar-refractivity contribution in [1.29, 1.82) is 0 Å². The molecular formula is C19H22ClN3O6S. The maximum Gasteiger partial charge on any atom is 0.307 e. The summed E-state index contributed by atoms with van der Waals surface area (Å²) >= 11 is 5.85. The Bertz CT molecular complexity index is 1020. The number of likely N-dealkylation sites (N-methyl/N-ethyl adjacent to an activating group) is 1. The number of sulfone groups is 1. The first-order valence-electron chi connectivity index (χ1n) is 9.40. The van der Waals surface area contributed by atoms with E-state index in [1.807, 2.05) is 0 Å². The van der Waals surface area contributed by atoms with Gasteiger partial charge in [-0.2, -0.15) is 4.98 Å². The summed E-state index contributed by atoms with van der Waals surface area (Å²) in [5.41, 5.74) is 0.730. The number of amides is 1. The van der Waals surface area contributed by atoms with Crippen molar-refractivity contribution in [3.8, 4) is 11.4 Å². The highest BCUT2D eigenvalue weighted by Gasteiger charge is 2.34. The number of halogens is 1. The second kappa shape index (κ2) is 9.13. The van der Waals surface area contributed by atoms with Crippen LogP contribution in [0.3, 0.4) is 0 Å². The molecule has 0 spiro atoms. The lowest BCUT2D eigenvalue weighted by atomic mass is 10.2. The Morgan fingerprint density at radius 1 is 1.33 bits per heavy atom. The Morgan fingerprint density at radius 2 is 2.03 bits per heavy atom. The highest BCUT2D eigenvalue weighted by Crippen LogP contribution is 2.20. The second-order valence-electron chi connectivity index (χ2n) is 7.16. The molecule has 0 unspecified atom stereocenters.